The van der Waals surface area contributed by atoms with Crippen LogP contribution < -0.4 is 11.0 Å². The van der Waals surface area contributed by atoms with Crippen LogP contribution in [0.15, 0.2) is 29.2 Å². The molecule has 4 rings (SSSR count). The lowest BCUT2D eigenvalue weighted by Gasteiger charge is -2.24. The lowest BCUT2D eigenvalue weighted by molar-refractivity contribution is 0.0293. The molecule has 10 nitrogen and oxygen atoms in total. The average molecular weight is 397 g/mol. The van der Waals surface area contributed by atoms with Gasteiger partial charge in [0.2, 0.25) is 0 Å². The fourth-order valence-corrected chi connectivity index (χ4v) is 3.26. The van der Waals surface area contributed by atoms with Gasteiger partial charge in [-0.3, -0.25) is 9.97 Å². The van der Waals surface area contributed by atoms with Crippen LogP contribution in [0.25, 0.3) is 22.4 Å². The van der Waals surface area contributed by atoms with Crippen molar-refractivity contribution in [2.45, 2.75) is 38.8 Å². The maximum atomic E-state index is 12.3. The fraction of sp³-hybridized carbons (Fsp3) is 0.421. The third-order valence-corrected chi connectivity index (χ3v) is 4.51. The molecule has 0 aliphatic carbocycles. The Morgan fingerprint density at radius 2 is 2.21 bits per heavy atom. The number of rotatable bonds is 3. The van der Waals surface area contributed by atoms with E-state index >= 15 is 0 Å². The van der Waals surface area contributed by atoms with Crippen molar-refractivity contribution >= 4 is 22.8 Å². The molecule has 4 heterocycles. The average Bonchev–Trinajstić information content (AvgIpc) is 3.29. The quantitative estimate of drug-likeness (QED) is 0.617. The van der Waals surface area contributed by atoms with Gasteiger partial charge < -0.3 is 15.0 Å². The molecular formula is C19H23N7O3. The highest BCUT2D eigenvalue weighted by Gasteiger charge is 2.30. The maximum Gasteiger partial charge on any atom is 0.410 e. The van der Waals surface area contributed by atoms with Crippen LogP contribution in [0.1, 0.15) is 27.2 Å². The second kappa shape index (κ2) is 7.19. The number of aromatic amines is 2. The molecule has 1 saturated heterocycles. The SMILES string of the molecule is CC(C)(C)OC(=O)N1CC[C@H](Nc2nc(-c3n[nH]c(=O)[nH]3)cc3cccnc23)C1. The Labute approximate surface area is 166 Å². The molecule has 10 heteroatoms. The standard InChI is InChI=1S/C19H23N7O3/c1-19(2,3)29-18(28)26-8-6-12(10-26)21-16-14-11(5-4-7-20-14)9-13(22-16)15-23-17(27)25-24-15/h4-5,7,9,12H,6,8,10H2,1-3H3,(H,21,22)(H2,23,24,25,27)/t12-/m0/s1. The van der Waals surface area contributed by atoms with Gasteiger partial charge in [0.25, 0.3) is 0 Å². The molecule has 1 amide bonds. The number of carbonyl (C=O) groups excluding carboxylic acids is 1. The van der Waals surface area contributed by atoms with Crippen LogP contribution in [0.3, 0.4) is 0 Å². The summed E-state index contributed by atoms with van der Waals surface area (Å²) in [6, 6.07) is 5.59. The highest BCUT2D eigenvalue weighted by Crippen LogP contribution is 2.26. The van der Waals surface area contributed by atoms with Crippen molar-refractivity contribution in [1.29, 1.82) is 0 Å². The number of fused-ring (bicyclic) bond motifs is 1. The largest absolute Gasteiger partial charge is 0.444 e. The van der Waals surface area contributed by atoms with Crippen molar-refractivity contribution in [3.8, 4) is 11.5 Å². The first kappa shape index (κ1) is 18.9. The summed E-state index contributed by atoms with van der Waals surface area (Å²) < 4.78 is 5.46. The lowest BCUT2D eigenvalue weighted by Crippen LogP contribution is -2.36. The van der Waals surface area contributed by atoms with Gasteiger partial charge in [-0.05, 0) is 39.3 Å². The molecule has 3 aromatic rings. The normalized spacial score (nSPS) is 16.9. The van der Waals surface area contributed by atoms with Gasteiger partial charge in [0, 0.05) is 30.7 Å². The Balaban J connectivity index is 1.58. The molecule has 152 valence electrons. The van der Waals surface area contributed by atoms with E-state index in [0.717, 1.165) is 11.8 Å². The van der Waals surface area contributed by atoms with Crippen molar-refractivity contribution in [2.24, 2.45) is 0 Å². The minimum atomic E-state index is -0.529. The number of hydrogen-bond acceptors (Lipinski definition) is 7. The zero-order valence-corrected chi connectivity index (χ0v) is 16.5. The molecule has 0 saturated carbocycles. The van der Waals surface area contributed by atoms with Gasteiger partial charge in [0.05, 0.1) is 0 Å². The van der Waals surface area contributed by atoms with Crippen LogP contribution >= 0.6 is 0 Å². The molecule has 3 N–H and O–H groups in total. The molecule has 0 aromatic carbocycles. The van der Waals surface area contributed by atoms with Gasteiger partial charge >= 0.3 is 11.8 Å². The summed E-state index contributed by atoms with van der Waals surface area (Å²) in [7, 11) is 0. The molecule has 1 aliphatic heterocycles. The van der Waals surface area contributed by atoms with E-state index in [1.165, 1.54) is 0 Å². The van der Waals surface area contributed by atoms with Gasteiger partial charge in [-0.2, -0.15) is 5.10 Å². The van der Waals surface area contributed by atoms with Crippen LogP contribution in [-0.2, 0) is 4.74 Å². The Hall–Kier alpha value is -3.43. The number of nitrogens with zero attached hydrogens (tertiary/aromatic N) is 4. The molecule has 1 fully saturated rings. The minimum absolute atomic E-state index is 0.00806. The van der Waals surface area contributed by atoms with Crippen LogP contribution in [0, 0.1) is 0 Å². The predicted molar refractivity (Wildman–Crippen MR) is 108 cm³/mol. The summed E-state index contributed by atoms with van der Waals surface area (Å²) >= 11 is 0. The molecule has 0 bridgehead atoms. The van der Waals surface area contributed by atoms with E-state index in [0.29, 0.717) is 35.9 Å². The summed E-state index contributed by atoms with van der Waals surface area (Å²) in [4.78, 5) is 37.1. The van der Waals surface area contributed by atoms with Gasteiger partial charge in [0.1, 0.15) is 16.8 Å². The van der Waals surface area contributed by atoms with E-state index in [1.54, 1.807) is 11.1 Å². The minimum Gasteiger partial charge on any atom is -0.444 e. The van der Waals surface area contributed by atoms with Crippen LogP contribution in [0.2, 0.25) is 0 Å². The van der Waals surface area contributed by atoms with Crippen molar-refractivity contribution in [3.63, 3.8) is 0 Å². The molecule has 0 radical (unpaired) electrons. The molecule has 29 heavy (non-hydrogen) atoms. The van der Waals surface area contributed by atoms with Crippen LogP contribution in [0.5, 0.6) is 0 Å². The monoisotopic (exact) mass is 397 g/mol. The Bertz CT molecular complexity index is 1100. The topological polar surface area (TPSA) is 129 Å². The number of pyridine rings is 2. The third-order valence-electron chi connectivity index (χ3n) is 4.51. The zero-order valence-electron chi connectivity index (χ0n) is 16.5. The summed E-state index contributed by atoms with van der Waals surface area (Å²) in [5.41, 5.74) is 0.309. The lowest BCUT2D eigenvalue weighted by atomic mass is 10.2. The first-order valence-corrected chi connectivity index (χ1v) is 9.44. The number of likely N-dealkylation sites (tertiary alicyclic amines) is 1. The van der Waals surface area contributed by atoms with Crippen LogP contribution in [0.4, 0.5) is 10.6 Å². The van der Waals surface area contributed by atoms with E-state index in [9.17, 15) is 9.59 Å². The summed E-state index contributed by atoms with van der Waals surface area (Å²) in [5, 5.41) is 10.6. The molecule has 1 atom stereocenters. The van der Waals surface area contributed by atoms with E-state index in [-0.39, 0.29) is 12.1 Å². The number of nitrogens with one attached hydrogen (secondary N) is 3. The molecular weight excluding hydrogens is 374 g/mol. The summed E-state index contributed by atoms with van der Waals surface area (Å²) in [5.74, 6) is 0.934. The van der Waals surface area contributed by atoms with Crippen molar-refractivity contribution < 1.29 is 9.53 Å². The molecule has 3 aromatic heterocycles. The van der Waals surface area contributed by atoms with Gasteiger partial charge in [-0.25, -0.2) is 19.7 Å². The number of amides is 1. The van der Waals surface area contributed by atoms with Crippen LogP contribution in [-0.4, -0.2) is 60.9 Å². The predicted octanol–water partition coefficient (Wildman–Crippen LogP) is 2.13. The highest BCUT2D eigenvalue weighted by molar-refractivity contribution is 5.90. The Kier molecular flexibility index (Phi) is 4.69. The zero-order chi connectivity index (χ0) is 20.6. The van der Waals surface area contributed by atoms with Gasteiger partial charge in [0.15, 0.2) is 11.6 Å². The Morgan fingerprint density at radius 1 is 1.38 bits per heavy atom. The third kappa shape index (κ3) is 4.20. The van der Waals surface area contributed by atoms with Crippen molar-refractivity contribution in [3.05, 3.63) is 34.9 Å². The van der Waals surface area contributed by atoms with Gasteiger partial charge in [-0.1, -0.05) is 6.07 Å². The molecule has 0 unspecified atom stereocenters. The van der Waals surface area contributed by atoms with Crippen molar-refractivity contribution in [1.82, 2.24) is 30.0 Å². The number of carbonyl (C=O) groups is 1. The smallest absolute Gasteiger partial charge is 0.410 e. The van der Waals surface area contributed by atoms with Gasteiger partial charge in [-0.15, -0.1) is 0 Å². The first-order chi connectivity index (χ1) is 13.8. The summed E-state index contributed by atoms with van der Waals surface area (Å²) in [6.45, 7) is 6.66. The van der Waals surface area contributed by atoms with E-state index in [1.807, 2.05) is 39.0 Å². The maximum absolute atomic E-state index is 12.3. The molecule has 1 aliphatic rings. The van der Waals surface area contributed by atoms with E-state index < -0.39 is 11.3 Å². The van der Waals surface area contributed by atoms with E-state index in [2.05, 4.69) is 30.5 Å². The number of H-pyrrole nitrogens is 2. The summed E-state index contributed by atoms with van der Waals surface area (Å²) in [6.07, 6.45) is 2.15. The number of hydrogen-bond donors (Lipinski definition) is 3. The number of ether oxygens (including phenoxy) is 1. The highest BCUT2D eigenvalue weighted by atomic mass is 16.6. The van der Waals surface area contributed by atoms with Crippen molar-refractivity contribution in [2.75, 3.05) is 18.4 Å². The second-order valence-corrected chi connectivity index (χ2v) is 8.01. The molecule has 0 spiro atoms. The first-order valence-electron chi connectivity index (χ1n) is 9.44. The second-order valence-electron chi connectivity index (χ2n) is 8.01. The number of anilines is 1. The fourth-order valence-electron chi connectivity index (χ4n) is 3.26. The number of aromatic nitrogens is 5. The van der Waals surface area contributed by atoms with E-state index in [4.69, 9.17) is 4.74 Å². The Morgan fingerprint density at radius 3 is 2.93 bits per heavy atom.